The predicted molar refractivity (Wildman–Crippen MR) is 111 cm³/mol. The number of nitriles is 2. The minimum atomic E-state index is -4.05. The fourth-order valence-corrected chi connectivity index (χ4v) is 3.84. The highest BCUT2D eigenvalue weighted by Crippen LogP contribution is 2.23. The maximum absolute atomic E-state index is 12.5. The number of benzene rings is 2. The molecule has 0 aliphatic carbocycles. The summed E-state index contributed by atoms with van der Waals surface area (Å²) in [5.74, 6) is 0.264. The Labute approximate surface area is 183 Å². The third kappa shape index (κ3) is 4.89. The number of nitrogens with one attached hydrogen (secondary N) is 1. The van der Waals surface area contributed by atoms with Gasteiger partial charge in [-0.1, -0.05) is 5.10 Å². The SMILES string of the molecule is COc1ccc(-c2nnc(NC(=O)c3ccc(S(=O)(=O)N(CC#N)CC#N)cc3)o2)cc1. The molecule has 3 rings (SSSR count). The first-order valence-corrected chi connectivity index (χ1v) is 10.5. The fourth-order valence-electron chi connectivity index (χ4n) is 2.60. The molecule has 0 unspecified atom stereocenters. The summed E-state index contributed by atoms with van der Waals surface area (Å²) in [5.41, 5.74) is 0.771. The third-order valence-electron chi connectivity index (χ3n) is 4.23. The van der Waals surface area contributed by atoms with Gasteiger partial charge in [-0.25, -0.2) is 8.42 Å². The minimum absolute atomic E-state index is 0.133. The highest BCUT2D eigenvalue weighted by atomic mass is 32.2. The smallest absolute Gasteiger partial charge is 0.322 e. The van der Waals surface area contributed by atoms with Crippen LogP contribution in [0.4, 0.5) is 6.01 Å². The Kier molecular flexibility index (Phi) is 6.80. The average Bonchev–Trinajstić information content (AvgIpc) is 3.27. The molecule has 0 saturated carbocycles. The van der Waals surface area contributed by atoms with Gasteiger partial charge in [0, 0.05) is 11.1 Å². The van der Waals surface area contributed by atoms with Gasteiger partial charge in [0.25, 0.3) is 5.91 Å². The van der Waals surface area contributed by atoms with Crippen molar-refractivity contribution in [1.82, 2.24) is 14.5 Å². The molecule has 32 heavy (non-hydrogen) atoms. The molecule has 162 valence electrons. The lowest BCUT2D eigenvalue weighted by atomic mass is 10.2. The number of rotatable bonds is 8. The van der Waals surface area contributed by atoms with Crippen molar-refractivity contribution in [2.45, 2.75) is 4.90 Å². The zero-order valence-corrected chi connectivity index (χ0v) is 17.5. The molecule has 0 bridgehead atoms. The highest BCUT2D eigenvalue weighted by Gasteiger charge is 2.24. The second-order valence-electron chi connectivity index (χ2n) is 6.21. The molecule has 1 N–H and O–H groups in total. The number of anilines is 1. The molecule has 2 aromatic carbocycles. The molecule has 12 heteroatoms. The van der Waals surface area contributed by atoms with Crippen LogP contribution in [0.5, 0.6) is 5.75 Å². The van der Waals surface area contributed by atoms with Gasteiger partial charge in [0.05, 0.1) is 24.1 Å². The first kappa shape index (κ1) is 22.4. The highest BCUT2D eigenvalue weighted by molar-refractivity contribution is 7.89. The Morgan fingerprint density at radius 3 is 2.25 bits per heavy atom. The number of amides is 1. The van der Waals surface area contributed by atoms with Crippen LogP contribution in [0.3, 0.4) is 0 Å². The van der Waals surface area contributed by atoms with Crippen molar-refractivity contribution in [2.75, 3.05) is 25.5 Å². The summed E-state index contributed by atoms with van der Waals surface area (Å²) in [5, 5.41) is 27.7. The minimum Gasteiger partial charge on any atom is -0.497 e. The van der Waals surface area contributed by atoms with Crippen LogP contribution in [0, 0.1) is 22.7 Å². The topological polar surface area (TPSA) is 162 Å². The normalized spacial score (nSPS) is 10.9. The maximum Gasteiger partial charge on any atom is 0.322 e. The maximum atomic E-state index is 12.5. The van der Waals surface area contributed by atoms with Crippen LogP contribution in [-0.2, 0) is 10.0 Å². The van der Waals surface area contributed by atoms with Gasteiger partial charge < -0.3 is 9.15 Å². The Bertz CT molecular complexity index is 1270. The fraction of sp³-hybridized carbons (Fsp3) is 0.150. The second-order valence-corrected chi connectivity index (χ2v) is 8.15. The van der Waals surface area contributed by atoms with Crippen LogP contribution in [0.1, 0.15) is 10.4 Å². The van der Waals surface area contributed by atoms with E-state index in [2.05, 4.69) is 15.5 Å². The van der Waals surface area contributed by atoms with Crippen molar-refractivity contribution in [2.24, 2.45) is 0 Å². The molecule has 0 aliphatic rings. The molecule has 0 spiro atoms. The van der Waals surface area contributed by atoms with Crippen LogP contribution in [0.2, 0.25) is 0 Å². The van der Waals surface area contributed by atoms with Crippen molar-refractivity contribution in [3.8, 4) is 29.3 Å². The molecule has 0 radical (unpaired) electrons. The van der Waals surface area contributed by atoms with Crippen molar-refractivity contribution in [1.29, 1.82) is 10.5 Å². The van der Waals surface area contributed by atoms with E-state index in [9.17, 15) is 13.2 Å². The van der Waals surface area contributed by atoms with E-state index in [0.717, 1.165) is 4.31 Å². The summed E-state index contributed by atoms with van der Waals surface area (Å²) in [6.45, 7) is -0.933. The van der Waals surface area contributed by atoms with E-state index in [1.807, 2.05) is 0 Å². The quantitative estimate of drug-likeness (QED) is 0.504. The lowest BCUT2D eigenvalue weighted by Gasteiger charge is -2.15. The summed E-state index contributed by atoms with van der Waals surface area (Å²) in [7, 11) is -2.50. The van der Waals surface area contributed by atoms with E-state index in [1.54, 1.807) is 43.5 Å². The first-order valence-electron chi connectivity index (χ1n) is 9.02. The third-order valence-corrected chi connectivity index (χ3v) is 6.04. The number of carbonyl (C=O) groups is 1. The van der Waals surface area contributed by atoms with Gasteiger partial charge in [-0.2, -0.15) is 14.8 Å². The summed E-state index contributed by atoms with van der Waals surface area (Å²) < 4.78 is 36.4. The van der Waals surface area contributed by atoms with E-state index in [1.165, 1.54) is 24.3 Å². The summed E-state index contributed by atoms with van der Waals surface area (Å²) >= 11 is 0. The summed E-state index contributed by atoms with van der Waals surface area (Å²) in [6, 6.07) is 15.2. The second kappa shape index (κ2) is 9.70. The Morgan fingerprint density at radius 1 is 1.06 bits per heavy atom. The molecule has 0 saturated heterocycles. The number of aromatic nitrogens is 2. The van der Waals surface area contributed by atoms with E-state index in [-0.39, 0.29) is 22.4 Å². The van der Waals surface area contributed by atoms with Gasteiger partial charge in [0.1, 0.15) is 18.8 Å². The largest absolute Gasteiger partial charge is 0.497 e. The molecule has 1 aromatic heterocycles. The van der Waals surface area contributed by atoms with Crippen molar-refractivity contribution < 1.29 is 22.4 Å². The van der Waals surface area contributed by atoms with Crippen LogP contribution in [0.25, 0.3) is 11.5 Å². The van der Waals surface area contributed by atoms with E-state index in [0.29, 0.717) is 11.3 Å². The van der Waals surface area contributed by atoms with Gasteiger partial charge in [-0.3, -0.25) is 10.1 Å². The first-order chi connectivity index (χ1) is 15.4. The zero-order valence-electron chi connectivity index (χ0n) is 16.7. The number of carbonyl (C=O) groups excluding carboxylic acids is 1. The monoisotopic (exact) mass is 452 g/mol. The summed E-state index contributed by atoms with van der Waals surface area (Å²) in [4.78, 5) is 12.3. The Hall–Kier alpha value is -4.26. The van der Waals surface area contributed by atoms with Crippen LogP contribution < -0.4 is 10.1 Å². The number of ether oxygens (including phenoxy) is 1. The van der Waals surface area contributed by atoms with Gasteiger partial charge >= 0.3 is 6.01 Å². The molecular weight excluding hydrogens is 436 g/mol. The molecule has 1 heterocycles. The van der Waals surface area contributed by atoms with Gasteiger partial charge in [0.2, 0.25) is 15.9 Å². The number of hydrogen-bond donors (Lipinski definition) is 1. The van der Waals surface area contributed by atoms with E-state index in [4.69, 9.17) is 19.7 Å². The molecule has 3 aromatic rings. The lowest BCUT2D eigenvalue weighted by Crippen LogP contribution is -2.31. The molecule has 0 aliphatic heterocycles. The average molecular weight is 452 g/mol. The standard InChI is InChI=1S/C20H16N6O5S/c1-30-16-6-2-15(3-7-16)19-24-25-20(31-19)23-18(27)14-4-8-17(9-5-14)32(28,29)26(12-10-21)13-11-22/h2-9H,12-13H2,1H3,(H,23,25,27). The van der Waals surface area contributed by atoms with E-state index < -0.39 is 29.0 Å². The Morgan fingerprint density at radius 2 is 1.69 bits per heavy atom. The van der Waals surface area contributed by atoms with Crippen molar-refractivity contribution in [3.05, 3.63) is 54.1 Å². The number of hydrogen-bond acceptors (Lipinski definition) is 9. The predicted octanol–water partition coefficient (Wildman–Crippen LogP) is 2.04. The van der Waals surface area contributed by atoms with E-state index >= 15 is 0 Å². The number of nitrogens with zero attached hydrogens (tertiary/aromatic N) is 5. The number of sulfonamides is 1. The van der Waals surface area contributed by atoms with Gasteiger partial charge in [-0.15, -0.1) is 5.10 Å². The summed E-state index contributed by atoms with van der Waals surface area (Å²) in [6.07, 6.45) is 0. The molecular formula is C20H16N6O5S. The molecule has 1 amide bonds. The van der Waals surface area contributed by atoms with Crippen LogP contribution in [0.15, 0.2) is 57.8 Å². The van der Waals surface area contributed by atoms with Crippen molar-refractivity contribution in [3.63, 3.8) is 0 Å². The van der Waals surface area contributed by atoms with Crippen molar-refractivity contribution >= 4 is 21.9 Å². The lowest BCUT2D eigenvalue weighted by molar-refractivity contribution is 0.102. The van der Waals surface area contributed by atoms with Crippen LogP contribution >= 0.6 is 0 Å². The number of methoxy groups -OCH3 is 1. The van der Waals surface area contributed by atoms with Crippen LogP contribution in [-0.4, -0.2) is 49.0 Å². The zero-order chi connectivity index (χ0) is 23.1. The molecule has 11 nitrogen and oxygen atoms in total. The Balaban J connectivity index is 1.72. The van der Waals surface area contributed by atoms with Gasteiger partial charge in [-0.05, 0) is 48.5 Å². The molecule has 0 fully saturated rings. The van der Waals surface area contributed by atoms with Gasteiger partial charge in [0.15, 0.2) is 0 Å². The molecule has 0 atom stereocenters.